The van der Waals surface area contributed by atoms with Gasteiger partial charge in [0.15, 0.2) is 5.11 Å². The molecule has 0 radical (unpaired) electrons. The maximum absolute atomic E-state index is 11.1. The van der Waals surface area contributed by atoms with Crippen molar-refractivity contribution in [2.75, 3.05) is 16.0 Å². The summed E-state index contributed by atoms with van der Waals surface area (Å²) in [6.07, 6.45) is 0. The number of benzene rings is 2. The minimum absolute atomic E-state index is 0.104. The van der Waals surface area contributed by atoms with Crippen molar-refractivity contribution in [2.45, 2.75) is 13.8 Å². The Labute approximate surface area is 129 Å². The van der Waals surface area contributed by atoms with Crippen LogP contribution >= 0.6 is 12.2 Å². The van der Waals surface area contributed by atoms with Crippen LogP contribution in [0.2, 0.25) is 0 Å². The highest BCUT2D eigenvalue weighted by molar-refractivity contribution is 7.80. The van der Waals surface area contributed by atoms with Gasteiger partial charge in [-0.25, -0.2) is 0 Å². The van der Waals surface area contributed by atoms with Crippen LogP contribution in [-0.4, -0.2) is 11.0 Å². The lowest BCUT2D eigenvalue weighted by Crippen LogP contribution is -2.19. The van der Waals surface area contributed by atoms with Crippen LogP contribution in [0.4, 0.5) is 17.1 Å². The summed E-state index contributed by atoms with van der Waals surface area (Å²) < 4.78 is 0. The molecule has 1 amide bonds. The maximum Gasteiger partial charge on any atom is 0.221 e. The molecular weight excluding hydrogens is 282 g/mol. The smallest absolute Gasteiger partial charge is 0.221 e. The number of carbonyl (C=O) groups is 1. The van der Waals surface area contributed by atoms with E-state index in [9.17, 15) is 4.79 Å². The summed E-state index contributed by atoms with van der Waals surface area (Å²) in [7, 11) is 0. The average Bonchev–Trinajstić information content (AvgIpc) is 2.37. The third-order valence-electron chi connectivity index (χ3n) is 2.72. The van der Waals surface area contributed by atoms with Crippen molar-refractivity contribution in [1.82, 2.24) is 0 Å². The van der Waals surface area contributed by atoms with Crippen LogP contribution in [0.5, 0.6) is 0 Å². The molecule has 0 atom stereocenters. The Balaban J connectivity index is 2.01. The number of carbonyl (C=O) groups excluding carboxylic acids is 1. The molecule has 0 saturated heterocycles. The second-order valence-electron chi connectivity index (χ2n) is 4.71. The Bertz CT molecular complexity index is 670. The first-order valence-electron chi connectivity index (χ1n) is 6.55. The van der Waals surface area contributed by atoms with Crippen LogP contribution in [0, 0.1) is 6.92 Å². The van der Waals surface area contributed by atoms with E-state index in [-0.39, 0.29) is 5.91 Å². The molecule has 0 aromatic heterocycles. The molecule has 0 heterocycles. The number of nitrogens with one attached hydrogen (secondary N) is 3. The van der Waals surface area contributed by atoms with Gasteiger partial charge in [0, 0.05) is 24.0 Å². The highest BCUT2D eigenvalue weighted by Gasteiger charge is 2.01. The molecule has 2 rings (SSSR count). The van der Waals surface area contributed by atoms with Crippen molar-refractivity contribution in [3.63, 3.8) is 0 Å². The number of thiocarbonyl (C=S) groups is 1. The average molecular weight is 299 g/mol. The first kappa shape index (κ1) is 15.0. The molecule has 2 aromatic rings. The maximum atomic E-state index is 11.1. The highest BCUT2D eigenvalue weighted by Crippen LogP contribution is 2.16. The van der Waals surface area contributed by atoms with Gasteiger partial charge in [0.25, 0.3) is 0 Å². The summed E-state index contributed by atoms with van der Waals surface area (Å²) in [4.78, 5) is 11.1. The standard InChI is InChI=1S/C16H17N3OS/c1-11-5-3-6-13(9-11)18-16(21)19-15-8-4-7-14(10-15)17-12(2)20/h3-10H,1-2H3,(H,17,20)(H2,18,19,21). The van der Waals surface area contributed by atoms with Crippen LogP contribution in [-0.2, 0) is 4.79 Å². The van der Waals surface area contributed by atoms with Gasteiger partial charge in [0.1, 0.15) is 0 Å². The number of aryl methyl sites for hydroxylation is 1. The molecule has 5 heteroatoms. The van der Waals surface area contributed by atoms with Gasteiger partial charge in [-0.15, -0.1) is 0 Å². The SMILES string of the molecule is CC(=O)Nc1cccc(NC(=S)Nc2cccc(C)c2)c1. The number of hydrogen-bond acceptors (Lipinski definition) is 2. The number of anilines is 3. The molecule has 0 saturated carbocycles. The summed E-state index contributed by atoms with van der Waals surface area (Å²) in [6, 6.07) is 15.3. The molecule has 2 aromatic carbocycles. The van der Waals surface area contributed by atoms with E-state index >= 15 is 0 Å². The first-order valence-corrected chi connectivity index (χ1v) is 6.96. The van der Waals surface area contributed by atoms with E-state index in [0.717, 1.165) is 22.6 Å². The number of amides is 1. The van der Waals surface area contributed by atoms with Gasteiger partial charge in [-0.05, 0) is 55.0 Å². The molecule has 0 unspecified atom stereocenters. The number of hydrogen-bond donors (Lipinski definition) is 3. The van der Waals surface area contributed by atoms with Crippen molar-refractivity contribution in [1.29, 1.82) is 0 Å². The van der Waals surface area contributed by atoms with Gasteiger partial charge in [0.2, 0.25) is 5.91 Å². The summed E-state index contributed by atoms with van der Waals surface area (Å²) >= 11 is 5.28. The normalized spacial score (nSPS) is 9.81. The molecule has 3 N–H and O–H groups in total. The molecular formula is C16H17N3OS. The summed E-state index contributed by atoms with van der Waals surface area (Å²) in [5.41, 5.74) is 3.64. The van der Waals surface area contributed by atoms with E-state index < -0.39 is 0 Å². The Hall–Kier alpha value is -2.40. The zero-order chi connectivity index (χ0) is 15.2. The predicted octanol–water partition coefficient (Wildman–Crippen LogP) is 3.76. The molecule has 21 heavy (non-hydrogen) atoms. The molecule has 0 aliphatic rings. The van der Waals surface area contributed by atoms with Gasteiger partial charge in [-0.2, -0.15) is 0 Å². The Morgan fingerprint density at radius 3 is 2.00 bits per heavy atom. The highest BCUT2D eigenvalue weighted by atomic mass is 32.1. The summed E-state index contributed by atoms with van der Waals surface area (Å²) in [5.74, 6) is -0.104. The molecule has 4 nitrogen and oxygen atoms in total. The Kier molecular flexibility index (Phi) is 4.90. The Morgan fingerprint density at radius 2 is 1.43 bits per heavy atom. The van der Waals surface area contributed by atoms with Gasteiger partial charge >= 0.3 is 0 Å². The minimum atomic E-state index is -0.104. The van der Waals surface area contributed by atoms with E-state index in [0.29, 0.717) is 5.11 Å². The van der Waals surface area contributed by atoms with E-state index in [2.05, 4.69) is 16.0 Å². The van der Waals surface area contributed by atoms with Crippen LogP contribution in [0.1, 0.15) is 12.5 Å². The first-order chi connectivity index (χ1) is 10.0. The second kappa shape index (κ2) is 6.85. The number of rotatable bonds is 3. The van der Waals surface area contributed by atoms with Gasteiger partial charge < -0.3 is 16.0 Å². The molecule has 0 aliphatic heterocycles. The Morgan fingerprint density at radius 1 is 0.905 bits per heavy atom. The monoisotopic (exact) mass is 299 g/mol. The van der Waals surface area contributed by atoms with Gasteiger partial charge in [-0.3, -0.25) is 4.79 Å². The fourth-order valence-electron chi connectivity index (χ4n) is 1.89. The zero-order valence-electron chi connectivity index (χ0n) is 11.9. The lowest BCUT2D eigenvalue weighted by atomic mass is 10.2. The van der Waals surface area contributed by atoms with Crippen molar-refractivity contribution in [2.24, 2.45) is 0 Å². The topological polar surface area (TPSA) is 53.2 Å². The van der Waals surface area contributed by atoms with Crippen LogP contribution in [0.3, 0.4) is 0 Å². The lowest BCUT2D eigenvalue weighted by Gasteiger charge is -2.12. The van der Waals surface area contributed by atoms with Crippen LogP contribution < -0.4 is 16.0 Å². The van der Waals surface area contributed by atoms with E-state index in [1.807, 2.05) is 55.5 Å². The third-order valence-corrected chi connectivity index (χ3v) is 2.92. The minimum Gasteiger partial charge on any atom is -0.332 e. The molecule has 0 fully saturated rings. The second-order valence-corrected chi connectivity index (χ2v) is 5.12. The summed E-state index contributed by atoms with van der Waals surface area (Å²) in [6.45, 7) is 3.50. The van der Waals surface area contributed by atoms with E-state index in [1.165, 1.54) is 6.92 Å². The summed E-state index contributed by atoms with van der Waals surface area (Å²) in [5, 5.41) is 9.45. The van der Waals surface area contributed by atoms with Crippen molar-refractivity contribution >= 4 is 40.3 Å². The lowest BCUT2D eigenvalue weighted by molar-refractivity contribution is -0.114. The van der Waals surface area contributed by atoms with E-state index in [1.54, 1.807) is 0 Å². The quantitative estimate of drug-likeness (QED) is 0.755. The molecule has 0 aliphatic carbocycles. The molecule has 108 valence electrons. The third kappa shape index (κ3) is 4.89. The van der Waals surface area contributed by atoms with Gasteiger partial charge in [-0.1, -0.05) is 18.2 Å². The van der Waals surface area contributed by atoms with Gasteiger partial charge in [0.05, 0.1) is 0 Å². The molecule has 0 spiro atoms. The van der Waals surface area contributed by atoms with E-state index in [4.69, 9.17) is 12.2 Å². The van der Waals surface area contributed by atoms with Crippen molar-refractivity contribution in [3.05, 3.63) is 54.1 Å². The van der Waals surface area contributed by atoms with Crippen LogP contribution in [0.25, 0.3) is 0 Å². The molecule has 0 bridgehead atoms. The van der Waals surface area contributed by atoms with Crippen LogP contribution in [0.15, 0.2) is 48.5 Å². The fraction of sp³-hybridized carbons (Fsp3) is 0.125. The van der Waals surface area contributed by atoms with Crippen molar-refractivity contribution < 1.29 is 4.79 Å². The predicted molar refractivity (Wildman–Crippen MR) is 91.8 cm³/mol. The largest absolute Gasteiger partial charge is 0.332 e. The zero-order valence-corrected chi connectivity index (χ0v) is 12.8. The fourth-order valence-corrected chi connectivity index (χ4v) is 2.13. The van der Waals surface area contributed by atoms with Crippen molar-refractivity contribution in [3.8, 4) is 0 Å².